The summed E-state index contributed by atoms with van der Waals surface area (Å²) in [5, 5.41) is 13.0. The van der Waals surface area contributed by atoms with Gasteiger partial charge in [-0.15, -0.1) is 0 Å². The quantitative estimate of drug-likeness (QED) is 0.142. The molecule has 1 atom stereocenters. The van der Waals surface area contributed by atoms with E-state index >= 15 is 0 Å². The number of aliphatic hydroxyl groups is 1. The zero-order valence-corrected chi connectivity index (χ0v) is 24.2. The smallest absolute Gasteiger partial charge is 0.295 e. The number of H-pyrrole nitrogens is 1. The van der Waals surface area contributed by atoms with Crippen molar-refractivity contribution >= 4 is 51.6 Å². The van der Waals surface area contributed by atoms with E-state index in [0.29, 0.717) is 11.4 Å². The summed E-state index contributed by atoms with van der Waals surface area (Å²) in [5.74, 6) is -1.03. The Kier molecular flexibility index (Phi) is 7.42. The molecule has 4 aromatic rings. The second-order valence-corrected chi connectivity index (χ2v) is 11.8. The summed E-state index contributed by atoms with van der Waals surface area (Å²) in [6.45, 7) is 6.61. The lowest BCUT2D eigenvalue weighted by Gasteiger charge is -2.26. The van der Waals surface area contributed by atoms with E-state index in [2.05, 4.69) is 25.8 Å². The van der Waals surface area contributed by atoms with E-state index in [9.17, 15) is 14.7 Å². The van der Waals surface area contributed by atoms with E-state index in [1.165, 1.54) is 11.0 Å². The van der Waals surface area contributed by atoms with Crippen LogP contribution in [0.15, 0.2) is 72.4 Å². The highest BCUT2D eigenvalue weighted by Gasteiger charge is 2.46. The van der Waals surface area contributed by atoms with Crippen molar-refractivity contribution < 1.29 is 19.4 Å². The van der Waals surface area contributed by atoms with Gasteiger partial charge in [0.15, 0.2) is 0 Å². The minimum atomic E-state index is -0.791. The number of aromatic amines is 1. The largest absolute Gasteiger partial charge is 0.507 e. The minimum Gasteiger partial charge on any atom is -0.507 e. The van der Waals surface area contributed by atoms with E-state index in [-0.39, 0.29) is 33.9 Å². The van der Waals surface area contributed by atoms with Crippen molar-refractivity contribution in [1.82, 2.24) is 9.88 Å². The van der Waals surface area contributed by atoms with E-state index in [1.54, 1.807) is 19.2 Å². The molecule has 5 rings (SSSR count). The molecule has 1 aromatic heterocycles. The Balaban J connectivity index is 1.58. The molecule has 40 heavy (non-hydrogen) atoms. The zero-order valence-electron chi connectivity index (χ0n) is 22.7. The third-order valence-corrected chi connectivity index (χ3v) is 7.96. The summed E-state index contributed by atoms with van der Waals surface area (Å²) in [4.78, 5) is 31.7. The third-order valence-electron chi connectivity index (χ3n) is 7.42. The van der Waals surface area contributed by atoms with Gasteiger partial charge in [0.05, 0.1) is 23.7 Å². The van der Waals surface area contributed by atoms with Crippen LogP contribution < -0.4 is 4.74 Å². The van der Waals surface area contributed by atoms with Gasteiger partial charge in [-0.1, -0.05) is 68.2 Å². The maximum atomic E-state index is 13.5. The maximum absolute atomic E-state index is 13.5. The predicted octanol–water partition coefficient (Wildman–Crippen LogP) is 7.45. The van der Waals surface area contributed by atoms with Crippen molar-refractivity contribution in [1.29, 1.82) is 0 Å². The van der Waals surface area contributed by atoms with Crippen LogP contribution in [0.5, 0.6) is 5.75 Å². The summed E-state index contributed by atoms with van der Waals surface area (Å²) in [6, 6.07) is 17.4. The van der Waals surface area contributed by atoms with Crippen LogP contribution in [0.2, 0.25) is 10.0 Å². The van der Waals surface area contributed by atoms with Crippen molar-refractivity contribution in [2.75, 3.05) is 13.7 Å². The number of ketones is 1. The Hall–Kier alpha value is -3.74. The molecule has 206 valence electrons. The SMILES string of the molecule is COc1ccc2[nH]cc(CCN3C(=O)C(=O)C(=C(O)c4ccc(Cl)cc4Cl)[C@H]3c3ccc(C(C)(C)C)cc3)c2c1. The monoisotopic (exact) mass is 576 g/mol. The van der Waals surface area contributed by atoms with Gasteiger partial charge in [0, 0.05) is 34.2 Å². The maximum Gasteiger partial charge on any atom is 0.295 e. The van der Waals surface area contributed by atoms with E-state index in [0.717, 1.165) is 33.3 Å². The van der Waals surface area contributed by atoms with Gasteiger partial charge < -0.3 is 19.7 Å². The number of halogens is 2. The molecule has 2 heterocycles. The van der Waals surface area contributed by atoms with Gasteiger partial charge in [0.1, 0.15) is 11.5 Å². The molecule has 1 amide bonds. The molecule has 1 fully saturated rings. The number of aliphatic hydroxyl groups excluding tert-OH is 1. The van der Waals surface area contributed by atoms with Crippen LogP contribution >= 0.6 is 23.2 Å². The average molecular weight is 578 g/mol. The highest BCUT2D eigenvalue weighted by atomic mass is 35.5. The van der Waals surface area contributed by atoms with Crippen LogP contribution in [0, 0.1) is 0 Å². The number of amides is 1. The number of fused-ring (bicyclic) bond motifs is 1. The fraction of sp³-hybridized carbons (Fsp3) is 0.250. The van der Waals surface area contributed by atoms with Crippen LogP contribution in [0.4, 0.5) is 0 Å². The normalized spacial score (nSPS) is 17.1. The number of methoxy groups -OCH3 is 1. The first-order valence-electron chi connectivity index (χ1n) is 13.0. The van der Waals surface area contributed by atoms with E-state index in [4.69, 9.17) is 27.9 Å². The van der Waals surface area contributed by atoms with Crippen LogP contribution in [-0.4, -0.2) is 40.3 Å². The van der Waals surface area contributed by atoms with Crippen molar-refractivity contribution in [3.8, 4) is 5.75 Å². The number of likely N-dealkylation sites (tertiary alicyclic amines) is 1. The van der Waals surface area contributed by atoms with Crippen LogP contribution in [0.3, 0.4) is 0 Å². The number of rotatable bonds is 6. The van der Waals surface area contributed by atoms with Crippen molar-refractivity contribution in [2.45, 2.75) is 38.6 Å². The standard InChI is InChI=1S/C32H30Cl2N2O4/c1-32(2,3)20-7-5-18(6-8-20)28-27(29(37)23-11-9-21(33)15-25(23)34)30(38)31(39)36(28)14-13-19-17-35-26-12-10-22(40-4)16-24(19)26/h5-12,15-17,28,35,37H,13-14H2,1-4H3/t28-/m1/s1. The molecular formula is C32H30Cl2N2O4. The molecule has 8 heteroatoms. The molecule has 1 aliphatic heterocycles. The fourth-order valence-corrected chi connectivity index (χ4v) is 5.68. The molecule has 2 N–H and O–H groups in total. The minimum absolute atomic E-state index is 0.00155. The highest BCUT2D eigenvalue weighted by molar-refractivity contribution is 6.47. The van der Waals surface area contributed by atoms with Crippen LogP contribution in [0.25, 0.3) is 16.7 Å². The number of carbonyl (C=O) groups excluding carboxylic acids is 2. The predicted molar refractivity (Wildman–Crippen MR) is 159 cm³/mol. The van der Waals surface area contributed by atoms with Crippen LogP contribution in [-0.2, 0) is 21.4 Å². The molecule has 1 aliphatic rings. The lowest BCUT2D eigenvalue weighted by molar-refractivity contribution is -0.139. The van der Waals surface area contributed by atoms with Crippen molar-refractivity contribution in [2.24, 2.45) is 0 Å². The van der Waals surface area contributed by atoms with Gasteiger partial charge in [-0.3, -0.25) is 9.59 Å². The number of nitrogens with one attached hydrogen (secondary N) is 1. The molecule has 0 unspecified atom stereocenters. The number of nitrogens with zero attached hydrogens (tertiary/aromatic N) is 1. The number of ether oxygens (including phenoxy) is 1. The van der Waals surface area contributed by atoms with Gasteiger partial charge in [0.25, 0.3) is 11.7 Å². The number of aromatic nitrogens is 1. The topological polar surface area (TPSA) is 82.6 Å². The zero-order chi connectivity index (χ0) is 28.8. The summed E-state index contributed by atoms with van der Waals surface area (Å²) in [5.41, 5.74) is 3.93. The van der Waals surface area contributed by atoms with Crippen LogP contribution in [0.1, 0.15) is 49.1 Å². The highest BCUT2D eigenvalue weighted by Crippen LogP contribution is 2.41. The Bertz CT molecular complexity index is 1650. The van der Waals surface area contributed by atoms with E-state index < -0.39 is 17.7 Å². The van der Waals surface area contributed by atoms with Gasteiger partial charge in [-0.25, -0.2) is 0 Å². The third kappa shape index (κ3) is 5.09. The summed E-state index contributed by atoms with van der Waals surface area (Å²) < 4.78 is 5.39. The Morgan fingerprint density at radius 2 is 1.75 bits per heavy atom. The number of hydrogen-bond donors (Lipinski definition) is 2. The first-order chi connectivity index (χ1) is 19.0. The van der Waals surface area contributed by atoms with Gasteiger partial charge >= 0.3 is 0 Å². The Labute approximate surface area is 243 Å². The lowest BCUT2D eigenvalue weighted by atomic mass is 9.85. The van der Waals surface area contributed by atoms with Crippen molar-refractivity contribution in [3.05, 3.63) is 105 Å². The van der Waals surface area contributed by atoms with Gasteiger partial charge in [0.2, 0.25) is 0 Å². The summed E-state index contributed by atoms with van der Waals surface area (Å²) >= 11 is 12.5. The number of benzene rings is 3. The molecule has 0 bridgehead atoms. The molecule has 6 nitrogen and oxygen atoms in total. The number of Topliss-reactive ketones (excluding diaryl/α,β-unsaturated/α-hetero) is 1. The fourth-order valence-electron chi connectivity index (χ4n) is 5.18. The molecule has 0 saturated carbocycles. The molecule has 0 radical (unpaired) electrons. The number of hydrogen-bond acceptors (Lipinski definition) is 4. The molecule has 1 saturated heterocycles. The lowest BCUT2D eigenvalue weighted by Crippen LogP contribution is -2.31. The second-order valence-electron chi connectivity index (χ2n) is 11.0. The van der Waals surface area contributed by atoms with Gasteiger partial charge in [-0.05, 0) is 64.9 Å². The molecule has 3 aromatic carbocycles. The molecular weight excluding hydrogens is 547 g/mol. The number of carbonyl (C=O) groups is 2. The Morgan fingerprint density at radius 1 is 1.02 bits per heavy atom. The Morgan fingerprint density at radius 3 is 2.40 bits per heavy atom. The van der Waals surface area contributed by atoms with Gasteiger partial charge in [-0.2, -0.15) is 0 Å². The average Bonchev–Trinajstić information content (AvgIpc) is 3.44. The first-order valence-corrected chi connectivity index (χ1v) is 13.7. The molecule has 0 aliphatic carbocycles. The van der Waals surface area contributed by atoms with Crippen molar-refractivity contribution in [3.63, 3.8) is 0 Å². The second kappa shape index (κ2) is 10.7. The van der Waals surface area contributed by atoms with E-state index in [1.807, 2.05) is 48.7 Å². The first kappa shape index (κ1) is 27.8. The summed E-state index contributed by atoms with van der Waals surface area (Å²) in [7, 11) is 1.62. The molecule has 0 spiro atoms. The summed E-state index contributed by atoms with van der Waals surface area (Å²) in [6.07, 6.45) is 2.39.